The van der Waals surface area contributed by atoms with Crippen LogP contribution in [0.2, 0.25) is 0 Å². The number of aryl methyl sites for hydroxylation is 1. The first kappa shape index (κ1) is 12.1. The van der Waals surface area contributed by atoms with Crippen molar-refractivity contribution >= 4 is 5.78 Å². The van der Waals surface area contributed by atoms with Crippen molar-refractivity contribution in [2.75, 3.05) is 6.54 Å². The second kappa shape index (κ2) is 4.94. The van der Waals surface area contributed by atoms with Crippen molar-refractivity contribution in [2.24, 2.45) is 0 Å². The Balaban J connectivity index is 1.95. The molecule has 3 heteroatoms. The second-order valence-corrected chi connectivity index (χ2v) is 4.89. The van der Waals surface area contributed by atoms with E-state index in [0.29, 0.717) is 5.56 Å². The number of carbonyl (C=O) groups excluding carboxylic acids is 1. The van der Waals surface area contributed by atoms with E-state index in [9.17, 15) is 4.79 Å². The maximum Gasteiger partial charge on any atom is 0.185 e. The van der Waals surface area contributed by atoms with Gasteiger partial charge < -0.3 is 5.32 Å². The molecule has 1 N–H and O–H groups in total. The summed E-state index contributed by atoms with van der Waals surface area (Å²) >= 11 is 0. The molecule has 0 bridgehead atoms. The van der Waals surface area contributed by atoms with Gasteiger partial charge in [0.1, 0.15) is 0 Å². The Bertz CT molecular complexity index is 604. The molecule has 1 aromatic carbocycles. The highest BCUT2D eigenvalue weighted by molar-refractivity contribution is 6.00. The smallest absolute Gasteiger partial charge is 0.185 e. The first-order valence-electron chi connectivity index (χ1n) is 6.54. The highest BCUT2D eigenvalue weighted by atomic mass is 16.1. The lowest BCUT2D eigenvalue weighted by Gasteiger charge is -2.25. The molecule has 0 radical (unpaired) electrons. The van der Waals surface area contributed by atoms with E-state index in [1.165, 1.54) is 5.56 Å². The number of Topliss-reactive ketones (excluding diaryl/α,β-unsaturated/α-hetero) is 1. The molecule has 1 aliphatic rings. The maximum absolute atomic E-state index is 12.6. The lowest BCUT2D eigenvalue weighted by atomic mass is 9.90. The topological polar surface area (TPSA) is 42.0 Å². The Morgan fingerprint density at radius 3 is 2.89 bits per heavy atom. The Morgan fingerprint density at radius 1 is 1.26 bits per heavy atom. The summed E-state index contributed by atoms with van der Waals surface area (Å²) in [5, 5.41) is 3.31. The van der Waals surface area contributed by atoms with E-state index in [0.717, 1.165) is 24.2 Å². The van der Waals surface area contributed by atoms with E-state index in [1.807, 2.05) is 37.3 Å². The van der Waals surface area contributed by atoms with Gasteiger partial charge in [0.15, 0.2) is 5.78 Å². The molecule has 19 heavy (non-hydrogen) atoms. The quantitative estimate of drug-likeness (QED) is 0.835. The number of aromatic nitrogens is 1. The molecule has 0 spiro atoms. The number of fused-ring (bicyclic) bond motifs is 1. The van der Waals surface area contributed by atoms with Gasteiger partial charge in [0.25, 0.3) is 0 Å². The molecule has 3 rings (SSSR count). The standard InChI is InChI=1S/C16H16N2O/c1-11-6-7-13(10-18-11)16(19)15-14-5-3-2-4-12(14)8-9-17-15/h2-7,10,15,17H,8-9H2,1H3. The summed E-state index contributed by atoms with van der Waals surface area (Å²) < 4.78 is 0. The number of pyridine rings is 1. The third kappa shape index (κ3) is 2.29. The van der Waals surface area contributed by atoms with Crippen LogP contribution in [0.5, 0.6) is 0 Å². The number of nitrogens with zero attached hydrogens (tertiary/aromatic N) is 1. The fourth-order valence-corrected chi connectivity index (χ4v) is 2.52. The van der Waals surface area contributed by atoms with Crippen LogP contribution >= 0.6 is 0 Å². The van der Waals surface area contributed by atoms with E-state index in [2.05, 4.69) is 16.4 Å². The van der Waals surface area contributed by atoms with Crippen LogP contribution in [-0.2, 0) is 6.42 Å². The number of carbonyl (C=O) groups is 1. The van der Waals surface area contributed by atoms with Crippen LogP contribution in [0.25, 0.3) is 0 Å². The van der Waals surface area contributed by atoms with Crippen molar-refractivity contribution in [1.82, 2.24) is 10.3 Å². The van der Waals surface area contributed by atoms with Crippen LogP contribution in [0.4, 0.5) is 0 Å². The normalized spacial score (nSPS) is 17.8. The monoisotopic (exact) mass is 252 g/mol. The Kier molecular flexibility index (Phi) is 3.13. The van der Waals surface area contributed by atoms with E-state index in [4.69, 9.17) is 0 Å². The molecule has 1 aromatic heterocycles. The largest absolute Gasteiger partial charge is 0.303 e. The maximum atomic E-state index is 12.6. The van der Waals surface area contributed by atoms with Gasteiger partial charge in [-0.25, -0.2) is 0 Å². The van der Waals surface area contributed by atoms with Crippen molar-refractivity contribution in [3.63, 3.8) is 0 Å². The van der Waals surface area contributed by atoms with Crippen LogP contribution in [0.15, 0.2) is 42.6 Å². The summed E-state index contributed by atoms with van der Waals surface area (Å²) in [6.45, 7) is 2.76. The molecular weight excluding hydrogens is 236 g/mol. The van der Waals surface area contributed by atoms with Gasteiger partial charge in [-0.05, 0) is 36.6 Å². The van der Waals surface area contributed by atoms with Crippen LogP contribution in [0.1, 0.15) is 33.2 Å². The van der Waals surface area contributed by atoms with Gasteiger partial charge >= 0.3 is 0 Å². The molecular formula is C16H16N2O. The SMILES string of the molecule is Cc1ccc(C(=O)C2NCCc3ccccc32)cn1. The minimum absolute atomic E-state index is 0.0969. The van der Waals surface area contributed by atoms with E-state index in [-0.39, 0.29) is 11.8 Å². The van der Waals surface area contributed by atoms with E-state index in [1.54, 1.807) is 6.20 Å². The summed E-state index contributed by atoms with van der Waals surface area (Å²) in [6.07, 6.45) is 2.64. The molecule has 1 atom stereocenters. The minimum atomic E-state index is -0.241. The third-order valence-corrected chi connectivity index (χ3v) is 3.57. The number of nitrogens with one attached hydrogen (secondary N) is 1. The van der Waals surface area contributed by atoms with Crippen LogP contribution in [0.3, 0.4) is 0 Å². The highest BCUT2D eigenvalue weighted by Crippen LogP contribution is 2.25. The van der Waals surface area contributed by atoms with Crippen molar-refractivity contribution in [2.45, 2.75) is 19.4 Å². The van der Waals surface area contributed by atoms with Gasteiger partial charge in [-0.3, -0.25) is 9.78 Å². The van der Waals surface area contributed by atoms with E-state index < -0.39 is 0 Å². The van der Waals surface area contributed by atoms with Gasteiger partial charge in [0.05, 0.1) is 6.04 Å². The average molecular weight is 252 g/mol. The van der Waals surface area contributed by atoms with Crippen LogP contribution in [-0.4, -0.2) is 17.3 Å². The number of hydrogen-bond acceptors (Lipinski definition) is 3. The third-order valence-electron chi connectivity index (χ3n) is 3.57. The molecule has 0 fully saturated rings. The summed E-state index contributed by atoms with van der Waals surface area (Å²) in [7, 11) is 0. The van der Waals surface area contributed by atoms with Gasteiger partial charge in [0.2, 0.25) is 0 Å². The fourth-order valence-electron chi connectivity index (χ4n) is 2.52. The van der Waals surface area contributed by atoms with Crippen molar-refractivity contribution in [1.29, 1.82) is 0 Å². The first-order chi connectivity index (χ1) is 9.25. The summed E-state index contributed by atoms with van der Waals surface area (Å²) in [6, 6.07) is 11.6. The molecule has 3 nitrogen and oxygen atoms in total. The van der Waals surface area contributed by atoms with Crippen molar-refractivity contribution in [3.8, 4) is 0 Å². The molecule has 2 aromatic rings. The Labute approximate surface area is 112 Å². The number of rotatable bonds is 2. The first-order valence-corrected chi connectivity index (χ1v) is 6.54. The fraction of sp³-hybridized carbons (Fsp3) is 0.250. The summed E-state index contributed by atoms with van der Waals surface area (Å²) in [4.78, 5) is 16.8. The molecule has 0 aliphatic carbocycles. The molecule has 2 heterocycles. The van der Waals surface area contributed by atoms with Gasteiger partial charge in [0, 0.05) is 24.0 Å². The van der Waals surface area contributed by atoms with Crippen molar-refractivity contribution < 1.29 is 4.79 Å². The Hall–Kier alpha value is -2.00. The van der Waals surface area contributed by atoms with Gasteiger partial charge in [-0.2, -0.15) is 0 Å². The predicted molar refractivity (Wildman–Crippen MR) is 74.2 cm³/mol. The molecule has 0 saturated heterocycles. The summed E-state index contributed by atoms with van der Waals surface area (Å²) in [5.74, 6) is 0.0969. The number of ketones is 1. The average Bonchev–Trinajstić information content (AvgIpc) is 2.47. The molecule has 0 amide bonds. The summed E-state index contributed by atoms with van der Waals surface area (Å²) in [5.41, 5.74) is 3.95. The van der Waals surface area contributed by atoms with Crippen molar-refractivity contribution in [3.05, 3.63) is 65.0 Å². The lowest BCUT2D eigenvalue weighted by molar-refractivity contribution is 0.0939. The second-order valence-electron chi connectivity index (χ2n) is 4.89. The number of hydrogen-bond donors (Lipinski definition) is 1. The Morgan fingerprint density at radius 2 is 2.11 bits per heavy atom. The zero-order valence-corrected chi connectivity index (χ0v) is 10.9. The van der Waals surface area contributed by atoms with Gasteiger partial charge in [-0.1, -0.05) is 24.3 Å². The predicted octanol–water partition coefficient (Wildman–Crippen LogP) is 2.46. The molecule has 1 unspecified atom stereocenters. The number of benzene rings is 1. The van der Waals surface area contributed by atoms with Crippen LogP contribution < -0.4 is 5.32 Å². The molecule has 0 saturated carbocycles. The molecule has 96 valence electrons. The zero-order chi connectivity index (χ0) is 13.2. The van der Waals surface area contributed by atoms with Crippen LogP contribution in [0, 0.1) is 6.92 Å². The zero-order valence-electron chi connectivity index (χ0n) is 10.9. The van der Waals surface area contributed by atoms with Gasteiger partial charge in [-0.15, -0.1) is 0 Å². The van der Waals surface area contributed by atoms with E-state index >= 15 is 0 Å². The lowest BCUT2D eigenvalue weighted by Crippen LogP contribution is -2.35. The minimum Gasteiger partial charge on any atom is -0.303 e. The highest BCUT2D eigenvalue weighted by Gasteiger charge is 2.26. The molecule has 1 aliphatic heterocycles.